The van der Waals surface area contributed by atoms with Gasteiger partial charge in [0.25, 0.3) is 0 Å². The monoisotopic (exact) mass is 324 g/mol. The maximum Gasteiger partial charge on any atom is 0.0369 e. The minimum Gasteiger partial charge on any atom is -0.372 e. The molecule has 0 aromatic heterocycles. The number of hydrogen-bond donors (Lipinski definition) is 0. The predicted molar refractivity (Wildman–Crippen MR) is 87.3 cm³/mol. The minimum absolute atomic E-state index is 0.870. The van der Waals surface area contributed by atoms with Crippen LogP contribution in [-0.4, -0.2) is 38.6 Å². The summed E-state index contributed by atoms with van der Waals surface area (Å²) in [5.41, 5.74) is 4.18. The summed E-state index contributed by atoms with van der Waals surface area (Å²) in [5.74, 6) is 0.870. The molecule has 0 bridgehead atoms. The molecule has 0 unspecified atom stereocenters. The van der Waals surface area contributed by atoms with Crippen LogP contribution in [0.4, 0.5) is 5.69 Å². The van der Waals surface area contributed by atoms with Crippen molar-refractivity contribution in [1.82, 2.24) is 4.90 Å². The summed E-state index contributed by atoms with van der Waals surface area (Å²) in [5, 5.41) is 0.948. The Balaban J connectivity index is 1.96. The van der Waals surface area contributed by atoms with Crippen LogP contribution in [0.5, 0.6) is 0 Å². The van der Waals surface area contributed by atoms with Crippen LogP contribution in [-0.2, 0) is 5.33 Å². The van der Waals surface area contributed by atoms with Gasteiger partial charge in [-0.25, -0.2) is 0 Å². The summed E-state index contributed by atoms with van der Waals surface area (Å²) >= 11 is 3.54. The molecule has 1 fully saturated rings. The highest BCUT2D eigenvalue weighted by Crippen LogP contribution is 2.26. The topological polar surface area (TPSA) is 6.48 Å². The predicted octanol–water partition coefficient (Wildman–Crippen LogP) is 3.67. The minimum atomic E-state index is 0.870. The lowest BCUT2D eigenvalue weighted by molar-refractivity contribution is 0.285. The molecule has 0 atom stereocenters. The van der Waals surface area contributed by atoms with Crippen LogP contribution in [0.2, 0.25) is 0 Å². The van der Waals surface area contributed by atoms with E-state index in [9.17, 15) is 0 Å². The number of nitrogens with zero attached hydrogens (tertiary/aromatic N) is 2. The molecule has 1 saturated heterocycles. The SMILES string of the molecule is Cc1cc(N2CCC(CN(C)C)CC2)ccc1CBr. The molecule has 1 aliphatic heterocycles. The van der Waals surface area contributed by atoms with Gasteiger partial charge in [-0.15, -0.1) is 0 Å². The molecule has 2 nitrogen and oxygen atoms in total. The molecule has 0 aliphatic carbocycles. The van der Waals surface area contributed by atoms with Gasteiger partial charge in [0.1, 0.15) is 0 Å². The third-order valence-corrected chi connectivity index (χ3v) is 4.68. The lowest BCUT2D eigenvalue weighted by Crippen LogP contribution is -2.37. The molecule has 1 heterocycles. The number of alkyl halides is 1. The molecule has 1 aromatic rings. The van der Waals surface area contributed by atoms with Gasteiger partial charge in [0.2, 0.25) is 0 Å². The third-order valence-electron chi connectivity index (χ3n) is 4.07. The maximum atomic E-state index is 3.54. The van der Waals surface area contributed by atoms with E-state index < -0.39 is 0 Å². The first-order valence-electron chi connectivity index (χ1n) is 7.15. The van der Waals surface area contributed by atoms with Gasteiger partial charge in [-0.05, 0) is 63.0 Å². The fourth-order valence-corrected chi connectivity index (χ4v) is 3.55. The average Bonchev–Trinajstić information content (AvgIpc) is 2.39. The molecule has 106 valence electrons. The van der Waals surface area contributed by atoms with Crippen molar-refractivity contribution in [2.45, 2.75) is 25.1 Å². The van der Waals surface area contributed by atoms with E-state index in [0.29, 0.717) is 0 Å². The lowest BCUT2D eigenvalue weighted by Gasteiger charge is -2.35. The molecule has 3 heteroatoms. The Hall–Kier alpha value is -0.540. The molecule has 1 aromatic carbocycles. The van der Waals surface area contributed by atoms with Crippen molar-refractivity contribution < 1.29 is 0 Å². The summed E-state index contributed by atoms with van der Waals surface area (Å²) in [6.45, 7) is 5.84. The Labute approximate surface area is 125 Å². The Morgan fingerprint density at radius 2 is 1.95 bits per heavy atom. The molecular weight excluding hydrogens is 300 g/mol. The summed E-state index contributed by atoms with van der Waals surface area (Å²) < 4.78 is 0. The number of halogens is 1. The molecule has 0 spiro atoms. The van der Waals surface area contributed by atoms with Crippen LogP contribution >= 0.6 is 15.9 Å². The number of piperidine rings is 1. The second-order valence-electron chi connectivity index (χ2n) is 5.94. The number of benzene rings is 1. The van der Waals surface area contributed by atoms with Crippen LogP contribution in [0.25, 0.3) is 0 Å². The second kappa shape index (κ2) is 6.76. The molecule has 1 aliphatic rings. The van der Waals surface area contributed by atoms with Crippen molar-refractivity contribution in [2.75, 3.05) is 38.6 Å². The molecular formula is C16H25BrN2. The highest BCUT2D eigenvalue weighted by atomic mass is 79.9. The van der Waals surface area contributed by atoms with E-state index >= 15 is 0 Å². The fourth-order valence-electron chi connectivity index (χ4n) is 2.92. The largest absolute Gasteiger partial charge is 0.372 e. The zero-order chi connectivity index (χ0) is 13.8. The van der Waals surface area contributed by atoms with Crippen molar-refractivity contribution in [2.24, 2.45) is 5.92 Å². The third kappa shape index (κ3) is 3.96. The maximum absolute atomic E-state index is 3.54. The van der Waals surface area contributed by atoms with Gasteiger partial charge in [-0.1, -0.05) is 22.0 Å². The standard InChI is InChI=1S/C16H25BrN2/c1-13-10-16(5-4-15(13)11-17)19-8-6-14(7-9-19)12-18(2)3/h4-5,10,14H,6-9,11-12H2,1-3H3. The van der Waals surface area contributed by atoms with Crippen molar-refractivity contribution in [3.63, 3.8) is 0 Å². The first kappa shape index (κ1) is 14.9. The summed E-state index contributed by atoms with van der Waals surface area (Å²) in [6.07, 6.45) is 2.63. The van der Waals surface area contributed by atoms with E-state index in [1.165, 1.54) is 49.3 Å². The Morgan fingerprint density at radius 1 is 1.26 bits per heavy atom. The highest BCUT2D eigenvalue weighted by Gasteiger charge is 2.20. The van der Waals surface area contributed by atoms with Crippen molar-refractivity contribution in [3.05, 3.63) is 29.3 Å². The van der Waals surface area contributed by atoms with Gasteiger partial charge < -0.3 is 9.80 Å². The Bertz CT molecular complexity index is 409. The van der Waals surface area contributed by atoms with Gasteiger partial charge in [0.05, 0.1) is 0 Å². The Morgan fingerprint density at radius 3 is 2.47 bits per heavy atom. The van der Waals surface area contributed by atoms with Crippen molar-refractivity contribution in [3.8, 4) is 0 Å². The molecule has 0 radical (unpaired) electrons. The van der Waals surface area contributed by atoms with Crippen LogP contribution in [0.1, 0.15) is 24.0 Å². The lowest BCUT2D eigenvalue weighted by atomic mass is 9.95. The van der Waals surface area contributed by atoms with E-state index in [-0.39, 0.29) is 0 Å². The fraction of sp³-hybridized carbons (Fsp3) is 0.625. The normalized spacial score (nSPS) is 17.2. The van der Waals surface area contributed by atoms with E-state index in [1.807, 2.05) is 0 Å². The molecule has 0 saturated carbocycles. The van der Waals surface area contributed by atoms with Gasteiger partial charge >= 0.3 is 0 Å². The van der Waals surface area contributed by atoms with E-state index in [0.717, 1.165) is 11.2 Å². The van der Waals surface area contributed by atoms with Gasteiger partial charge in [-0.3, -0.25) is 0 Å². The molecule has 0 amide bonds. The van der Waals surface area contributed by atoms with E-state index in [1.54, 1.807) is 0 Å². The van der Waals surface area contributed by atoms with Crippen LogP contribution in [0.3, 0.4) is 0 Å². The van der Waals surface area contributed by atoms with Crippen LogP contribution in [0, 0.1) is 12.8 Å². The van der Waals surface area contributed by atoms with Crippen molar-refractivity contribution >= 4 is 21.6 Å². The zero-order valence-corrected chi connectivity index (χ0v) is 13.9. The molecule has 0 N–H and O–H groups in total. The number of hydrogen-bond acceptors (Lipinski definition) is 2. The first-order chi connectivity index (χ1) is 9.10. The van der Waals surface area contributed by atoms with E-state index in [4.69, 9.17) is 0 Å². The quantitative estimate of drug-likeness (QED) is 0.780. The Kier molecular flexibility index (Phi) is 5.28. The number of aryl methyl sites for hydroxylation is 1. The van der Waals surface area contributed by atoms with E-state index in [2.05, 4.69) is 64.9 Å². The van der Waals surface area contributed by atoms with Crippen LogP contribution in [0.15, 0.2) is 18.2 Å². The summed E-state index contributed by atoms with van der Waals surface area (Å²) in [7, 11) is 4.35. The van der Waals surface area contributed by atoms with Crippen molar-refractivity contribution in [1.29, 1.82) is 0 Å². The summed E-state index contributed by atoms with van der Waals surface area (Å²) in [4.78, 5) is 4.85. The van der Waals surface area contributed by atoms with Crippen LogP contribution < -0.4 is 4.90 Å². The number of rotatable bonds is 4. The second-order valence-corrected chi connectivity index (χ2v) is 6.50. The van der Waals surface area contributed by atoms with Gasteiger partial charge in [0.15, 0.2) is 0 Å². The van der Waals surface area contributed by atoms with Gasteiger partial charge in [-0.2, -0.15) is 0 Å². The summed E-state index contributed by atoms with van der Waals surface area (Å²) in [6, 6.07) is 6.87. The first-order valence-corrected chi connectivity index (χ1v) is 8.27. The zero-order valence-electron chi connectivity index (χ0n) is 12.3. The number of anilines is 1. The van der Waals surface area contributed by atoms with Gasteiger partial charge in [0, 0.05) is 30.7 Å². The molecule has 19 heavy (non-hydrogen) atoms. The highest BCUT2D eigenvalue weighted by molar-refractivity contribution is 9.08. The molecule has 2 rings (SSSR count). The average molecular weight is 325 g/mol. The smallest absolute Gasteiger partial charge is 0.0369 e.